The van der Waals surface area contributed by atoms with Gasteiger partial charge in [0.25, 0.3) is 0 Å². The lowest BCUT2D eigenvalue weighted by Crippen LogP contribution is -2.03. The fourth-order valence-corrected chi connectivity index (χ4v) is 3.21. The second kappa shape index (κ2) is 11.2. The molecular formula is C19H31Cl. The highest BCUT2D eigenvalue weighted by molar-refractivity contribution is 6.18. The fourth-order valence-electron chi connectivity index (χ4n) is 2.89. The van der Waals surface area contributed by atoms with E-state index in [0.717, 1.165) is 5.88 Å². The van der Waals surface area contributed by atoms with Crippen LogP contribution in [0.5, 0.6) is 0 Å². The fraction of sp³-hybridized carbons (Fsp3) is 0.684. The molecule has 1 heteroatoms. The zero-order chi connectivity index (χ0) is 14.6. The third-order valence-electron chi connectivity index (χ3n) is 4.22. The molecule has 20 heavy (non-hydrogen) atoms. The van der Waals surface area contributed by atoms with Crippen LogP contribution in [-0.4, -0.2) is 5.88 Å². The van der Waals surface area contributed by atoms with Crippen LogP contribution in [0.15, 0.2) is 24.3 Å². The van der Waals surface area contributed by atoms with Gasteiger partial charge in [-0.1, -0.05) is 82.6 Å². The van der Waals surface area contributed by atoms with Crippen molar-refractivity contribution in [3.8, 4) is 0 Å². The molecule has 0 N–H and O–H groups in total. The molecule has 1 aromatic rings. The highest BCUT2D eigenvalue weighted by Gasteiger charge is 2.11. The van der Waals surface area contributed by atoms with Gasteiger partial charge >= 0.3 is 0 Å². The van der Waals surface area contributed by atoms with E-state index in [9.17, 15) is 0 Å². The molecule has 0 nitrogen and oxygen atoms in total. The van der Waals surface area contributed by atoms with Crippen LogP contribution in [0.2, 0.25) is 0 Å². The Kier molecular flexibility index (Phi) is 9.83. The summed E-state index contributed by atoms with van der Waals surface area (Å²) in [5.41, 5.74) is 2.84. The van der Waals surface area contributed by atoms with Crippen molar-refractivity contribution in [2.75, 3.05) is 5.88 Å². The maximum Gasteiger partial charge on any atom is 0.0292 e. The van der Waals surface area contributed by atoms with Crippen molar-refractivity contribution < 1.29 is 0 Å². The molecule has 0 aliphatic rings. The number of halogens is 1. The van der Waals surface area contributed by atoms with Crippen molar-refractivity contribution in [1.82, 2.24) is 0 Å². The Hall–Kier alpha value is -0.490. The van der Waals surface area contributed by atoms with E-state index in [-0.39, 0.29) is 0 Å². The largest absolute Gasteiger partial charge is 0.126 e. The van der Waals surface area contributed by atoms with Gasteiger partial charge in [-0.05, 0) is 30.4 Å². The zero-order valence-electron chi connectivity index (χ0n) is 13.3. The van der Waals surface area contributed by atoms with Crippen LogP contribution in [0.25, 0.3) is 0 Å². The van der Waals surface area contributed by atoms with Gasteiger partial charge in [-0.3, -0.25) is 0 Å². The molecule has 0 spiro atoms. The summed E-state index contributed by atoms with van der Waals surface area (Å²) < 4.78 is 0. The normalized spacial score (nSPS) is 12.6. The minimum absolute atomic E-state index is 0.540. The maximum atomic E-state index is 6.17. The highest BCUT2D eigenvalue weighted by atomic mass is 35.5. The summed E-state index contributed by atoms with van der Waals surface area (Å²) in [7, 11) is 0. The summed E-state index contributed by atoms with van der Waals surface area (Å²) in [6, 6.07) is 8.69. The van der Waals surface area contributed by atoms with E-state index in [1.807, 2.05) is 0 Å². The molecule has 0 bridgehead atoms. The van der Waals surface area contributed by atoms with Crippen LogP contribution in [0.3, 0.4) is 0 Å². The maximum absolute atomic E-state index is 6.17. The first-order valence-corrected chi connectivity index (χ1v) is 8.94. The number of hydrogen-bond acceptors (Lipinski definition) is 0. The van der Waals surface area contributed by atoms with E-state index in [1.54, 1.807) is 0 Å². The lowest BCUT2D eigenvalue weighted by molar-refractivity contribution is 0.544. The predicted octanol–water partition coefficient (Wildman–Crippen LogP) is 6.85. The molecule has 1 aromatic carbocycles. The summed E-state index contributed by atoms with van der Waals surface area (Å²) in [5.74, 6) is 1.29. The lowest BCUT2D eigenvalue weighted by atomic mass is 9.91. The number of alkyl halides is 1. The molecule has 0 aliphatic heterocycles. The number of unbranched alkanes of at least 4 members (excludes halogenated alkanes) is 7. The van der Waals surface area contributed by atoms with E-state index >= 15 is 0 Å². The molecule has 1 rings (SSSR count). The smallest absolute Gasteiger partial charge is 0.0292 e. The zero-order valence-corrected chi connectivity index (χ0v) is 14.1. The summed E-state index contributed by atoms with van der Waals surface area (Å²) >= 11 is 6.17. The van der Waals surface area contributed by atoms with Crippen LogP contribution in [-0.2, 0) is 0 Å². The molecule has 0 amide bonds. The van der Waals surface area contributed by atoms with E-state index in [1.165, 1.54) is 68.9 Å². The standard InChI is InChI=1S/C19H31Cl/c1-3-4-5-6-7-8-9-10-14-18(16-20)19-15-12-11-13-17(19)2/h11-13,15,18H,3-10,14,16H2,1-2H3. The van der Waals surface area contributed by atoms with Gasteiger partial charge < -0.3 is 0 Å². The number of hydrogen-bond donors (Lipinski definition) is 0. The Morgan fingerprint density at radius 1 is 0.900 bits per heavy atom. The summed E-state index contributed by atoms with van der Waals surface area (Å²) in [4.78, 5) is 0. The van der Waals surface area contributed by atoms with Crippen molar-refractivity contribution in [3.63, 3.8) is 0 Å². The van der Waals surface area contributed by atoms with E-state index < -0.39 is 0 Å². The molecular weight excluding hydrogens is 264 g/mol. The Morgan fingerprint density at radius 2 is 1.50 bits per heavy atom. The van der Waals surface area contributed by atoms with E-state index in [4.69, 9.17) is 11.6 Å². The minimum Gasteiger partial charge on any atom is -0.126 e. The molecule has 114 valence electrons. The molecule has 0 saturated heterocycles. The lowest BCUT2D eigenvalue weighted by Gasteiger charge is -2.16. The van der Waals surface area contributed by atoms with Crippen LogP contribution >= 0.6 is 11.6 Å². The molecule has 0 aromatic heterocycles. The van der Waals surface area contributed by atoms with Crippen molar-refractivity contribution in [1.29, 1.82) is 0 Å². The summed E-state index contributed by atoms with van der Waals surface area (Å²) in [5, 5.41) is 0. The Morgan fingerprint density at radius 3 is 2.10 bits per heavy atom. The van der Waals surface area contributed by atoms with Gasteiger partial charge in [0.15, 0.2) is 0 Å². The van der Waals surface area contributed by atoms with Crippen LogP contribution in [0.1, 0.15) is 81.8 Å². The predicted molar refractivity (Wildman–Crippen MR) is 91.9 cm³/mol. The van der Waals surface area contributed by atoms with Gasteiger partial charge in [0.2, 0.25) is 0 Å². The third-order valence-corrected chi connectivity index (χ3v) is 4.59. The van der Waals surface area contributed by atoms with Crippen molar-refractivity contribution >= 4 is 11.6 Å². The van der Waals surface area contributed by atoms with E-state index in [2.05, 4.69) is 38.1 Å². The van der Waals surface area contributed by atoms with Crippen molar-refractivity contribution in [3.05, 3.63) is 35.4 Å². The molecule has 0 aliphatic carbocycles. The molecule has 0 saturated carbocycles. The number of rotatable bonds is 11. The van der Waals surface area contributed by atoms with Crippen molar-refractivity contribution in [2.24, 2.45) is 0 Å². The summed E-state index contributed by atoms with van der Waals surface area (Å²) in [6.07, 6.45) is 12.3. The van der Waals surface area contributed by atoms with Gasteiger partial charge in [-0.15, -0.1) is 11.6 Å². The van der Waals surface area contributed by atoms with Gasteiger partial charge in [-0.2, -0.15) is 0 Å². The third kappa shape index (κ3) is 6.79. The van der Waals surface area contributed by atoms with Gasteiger partial charge in [0.05, 0.1) is 0 Å². The molecule has 0 fully saturated rings. The first-order valence-electron chi connectivity index (χ1n) is 8.41. The molecule has 0 radical (unpaired) electrons. The SMILES string of the molecule is CCCCCCCCCCC(CCl)c1ccccc1C. The minimum atomic E-state index is 0.540. The first-order chi connectivity index (χ1) is 9.79. The van der Waals surface area contributed by atoms with Gasteiger partial charge in [-0.25, -0.2) is 0 Å². The van der Waals surface area contributed by atoms with Gasteiger partial charge in [0, 0.05) is 5.88 Å². The monoisotopic (exact) mass is 294 g/mol. The van der Waals surface area contributed by atoms with Crippen LogP contribution in [0.4, 0.5) is 0 Å². The molecule has 1 atom stereocenters. The second-order valence-electron chi connectivity index (χ2n) is 5.97. The van der Waals surface area contributed by atoms with E-state index in [0.29, 0.717) is 5.92 Å². The Bertz CT molecular complexity index is 345. The quantitative estimate of drug-likeness (QED) is 0.309. The topological polar surface area (TPSA) is 0 Å². The Balaban J connectivity index is 2.18. The summed E-state index contributed by atoms with van der Waals surface area (Å²) in [6.45, 7) is 4.47. The molecule has 1 unspecified atom stereocenters. The van der Waals surface area contributed by atoms with Crippen LogP contribution < -0.4 is 0 Å². The average molecular weight is 295 g/mol. The van der Waals surface area contributed by atoms with Gasteiger partial charge in [0.1, 0.15) is 0 Å². The Labute approximate surface area is 130 Å². The first kappa shape index (κ1) is 17.6. The highest BCUT2D eigenvalue weighted by Crippen LogP contribution is 2.26. The average Bonchev–Trinajstić information content (AvgIpc) is 2.47. The number of benzene rings is 1. The van der Waals surface area contributed by atoms with Crippen LogP contribution in [0, 0.1) is 6.92 Å². The number of aryl methyl sites for hydroxylation is 1. The molecule has 0 heterocycles. The second-order valence-corrected chi connectivity index (χ2v) is 6.28. The van der Waals surface area contributed by atoms with Crippen molar-refractivity contribution in [2.45, 2.75) is 77.6 Å².